The van der Waals surface area contributed by atoms with E-state index >= 15 is 0 Å². The van der Waals surface area contributed by atoms with Gasteiger partial charge in [0.25, 0.3) is 5.91 Å². The number of hydrogen-bond donors (Lipinski definition) is 1. The summed E-state index contributed by atoms with van der Waals surface area (Å²) in [4.78, 5) is 11.7. The van der Waals surface area contributed by atoms with Gasteiger partial charge in [-0.2, -0.15) is 8.78 Å². The number of benzene rings is 2. The van der Waals surface area contributed by atoms with E-state index in [0.717, 1.165) is 22.5 Å². The van der Waals surface area contributed by atoms with Crippen LogP contribution in [0.15, 0.2) is 47.4 Å². The number of nitrogens with zero attached hydrogens (tertiary/aromatic N) is 1. The molecule has 0 radical (unpaired) electrons. The lowest BCUT2D eigenvalue weighted by molar-refractivity contribution is -0.0493. The van der Waals surface area contributed by atoms with E-state index in [1.54, 1.807) is 0 Å². The van der Waals surface area contributed by atoms with Gasteiger partial charge in [-0.15, -0.1) is 0 Å². The van der Waals surface area contributed by atoms with E-state index in [0.29, 0.717) is 0 Å². The first-order chi connectivity index (χ1) is 12.1. The lowest BCUT2D eigenvalue weighted by Crippen LogP contribution is -2.24. The molecule has 0 aromatic heterocycles. The van der Waals surface area contributed by atoms with Crippen LogP contribution in [0.2, 0.25) is 0 Å². The minimum atomic E-state index is -4.11. The third kappa shape index (κ3) is 4.33. The highest BCUT2D eigenvalue weighted by atomic mass is 32.2. The minimum absolute atomic E-state index is 0.0425. The zero-order chi connectivity index (χ0) is 19.5. The van der Waals surface area contributed by atoms with Crippen molar-refractivity contribution in [2.45, 2.75) is 11.5 Å². The van der Waals surface area contributed by atoms with Gasteiger partial charge in [-0.05, 0) is 30.3 Å². The molecule has 0 heterocycles. The fourth-order valence-corrected chi connectivity index (χ4v) is 2.99. The number of carbonyl (C=O) groups excluding carboxylic acids is 1. The molecule has 0 spiro atoms. The van der Waals surface area contributed by atoms with E-state index in [4.69, 9.17) is 0 Å². The molecule has 0 fully saturated rings. The lowest BCUT2D eigenvalue weighted by Gasteiger charge is -2.14. The van der Waals surface area contributed by atoms with Crippen molar-refractivity contribution in [1.29, 1.82) is 0 Å². The molecular weight excluding hydrogens is 373 g/mol. The van der Waals surface area contributed by atoms with Gasteiger partial charge in [-0.25, -0.2) is 17.1 Å². The van der Waals surface area contributed by atoms with Crippen LogP contribution in [0.4, 0.5) is 18.9 Å². The molecule has 2 aromatic rings. The molecule has 0 aliphatic carbocycles. The lowest BCUT2D eigenvalue weighted by atomic mass is 10.2. The molecule has 6 nitrogen and oxygen atoms in total. The Morgan fingerprint density at radius 3 is 2.42 bits per heavy atom. The number of sulfonamides is 1. The largest absolute Gasteiger partial charge is 0.433 e. The molecule has 0 unspecified atom stereocenters. The fourth-order valence-electron chi connectivity index (χ4n) is 2.00. The van der Waals surface area contributed by atoms with Gasteiger partial charge >= 0.3 is 6.61 Å². The molecule has 2 rings (SSSR count). The quantitative estimate of drug-likeness (QED) is 0.826. The maximum absolute atomic E-state index is 13.9. The summed E-state index contributed by atoms with van der Waals surface area (Å²) in [6, 6.07) is 8.28. The Morgan fingerprint density at radius 1 is 1.15 bits per heavy atom. The van der Waals surface area contributed by atoms with Crippen LogP contribution < -0.4 is 10.1 Å². The maximum Gasteiger partial charge on any atom is 0.387 e. The molecule has 0 saturated heterocycles. The van der Waals surface area contributed by atoms with E-state index in [2.05, 4.69) is 10.1 Å². The number of rotatable bonds is 6. The first-order valence-electron chi connectivity index (χ1n) is 7.20. The summed E-state index contributed by atoms with van der Waals surface area (Å²) in [6.07, 6.45) is 0. The highest BCUT2D eigenvalue weighted by Gasteiger charge is 2.23. The number of amides is 1. The van der Waals surface area contributed by atoms with Crippen molar-refractivity contribution in [3.05, 3.63) is 53.8 Å². The standard InChI is InChI=1S/C16H15F3N2O4S/c1-21(2)26(23,24)14-9-10(7-8-11(14)17)15(22)20-12-5-3-4-6-13(12)25-16(18)19/h3-9,16H,1-2H3,(H,20,22). The van der Waals surface area contributed by atoms with Gasteiger partial charge in [0, 0.05) is 19.7 Å². The van der Waals surface area contributed by atoms with Crippen molar-refractivity contribution in [3.8, 4) is 5.75 Å². The molecule has 0 atom stereocenters. The Morgan fingerprint density at radius 2 is 1.81 bits per heavy atom. The summed E-state index contributed by atoms with van der Waals surface area (Å²) >= 11 is 0. The molecule has 140 valence electrons. The number of nitrogens with one attached hydrogen (secondary N) is 1. The van der Waals surface area contributed by atoms with E-state index in [1.165, 1.54) is 38.4 Å². The molecule has 0 saturated carbocycles. The van der Waals surface area contributed by atoms with Crippen molar-refractivity contribution >= 4 is 21.6 Å². The Balaban J connectivity index is 2.35. The Bertz CT molecular complexity index is 917. The molecule has 0 bridgehead atoms. The summed E-state index contributed by atoms with van der Waals surface area (Å²) in [6.45, 7) is -3.09. The van der Waals surface area contributed by atoms with Crippen LogP contribution in [-0.2, 0) is 10.0 Å². The van der Waals surface area contributed by atoms with Crippen molar-refractivity contribution in [2.75, 3.05) is 19.4 Å². The second-order valence-corrected chi connectivity index (χ2v) is 7.38. The maximum atomic E-state index is 13.9. The highest BCUT2D eigenvalue weighted by Crippen LogP contribution is 2.26. The molecule has 10 heteroatoms. The summed E-state index contributed by atoms with van der Waals surface area (Å²) in [5, 5.41) is 2.33. The predicted octanol–water partition coefficient (Wildman–Crippen LogP) is 2.93. The van der Waals surface area contributed by atoms with Gasteiger partial charge < -0.3 is 10.1 Å². The van der Waals surface area contributed by atoms with E-state index in [1.807, 2.05) is 0 Å². The molecule has 1 amide bonds. The smallest absolute Gasteiger partial charge is 0.387 e. The van der Waals surface area contributed by atoms with Gasteiger partial charge in [0.05, 0.1) is 5.69 Å². The highest BCUT2D eigenvalue weighted by molar-refractivity contribution is 7.89. The second kappa shape index (κ2) is 7.75. The first kappa shape index (κ1) is 19.7. The molecular formula is C16H15F3N2O4S. The third-order valence-corrected chi connectivity index (χ3v) is 5.13. The van der Waals surface area contributed by atoms with Crippen LogP contribution in [0.1, 0.15) is 10.4 Å². The number of para-hydroxylation sites is 2. The van der Waals surface area contributed by atoms with Gasteiger partial charge in [-0.3, -0.25) is 4.79 Å². The van der Waals surface area contributed by atoms with Gasteiger partial charge in [-0.1, -0.05) is 12.1 Å². The molecule has 26 heavy (non-hydrogen) atoms. The monoisotopic (exact) mass is 388 g/mol. The zero-order valence-corrected chi connectivity index (χ0v) is 14.6. The Labute approximate surface area is 148 Å². The van der Waals surface area contributed by atoms with Crippen LogP contribution in [0.25, 0.3) is 0 Å². The summed E-state index contributed by atoms with van der Waals surface area (Å²) in [5.74, 6) is -2.10. The van der Waals surface area contributed by atoms with Crippen LogP contribution in [-0.4, -0.2) is 39.3 Å². The van der Waals surface area contributed by atoms with Crippen molar-refractivity contribution < 1.29 is 31.1 Å². The van der Waals surface area contributed by atoms with E-state index in [-0.39, 0.29) is 17.0 Å². The SMILES string of the molecule is CN(C)S(=O)(=O)c1cc(C(=O)Nc2ccccc2OC(F)F)ccc1F. The van der Waals surface area contributed by atoms with Crippen molar-refractivity contribution in [2.24, 2.45) is 0 Å². The topological polar surface area (TPSA) is 75.7 Å². The van der Waals surface area contributed by atoms with Gasteiger partial charge in [0.15, 0.2) is 0 Å². The summed E-state index contributed by atoms with van der Waals surface area (Å²) in [7, 11) is -1.66. The van der Waals surface area contributed by atoms with Crippen molar-refractivity contribution in [1.82, 2.24) is 4.31 Å². The Hall–Kier alpha value is -2.59. The van der Waals surface area contributed by atoms with E-state index < -0.39 is 33.3 Å². The zero-order valence-electron chi connectivity index (χ0n) is 13.7. The van der Waals surface area contributed by atoms with Crippen LogP contribution in [0.5, 0.6) is 5.75 Å². The summed E-state index contributed by atoms with van der Waals surface area (Å²) < 4.78 is 68.0. The average molecular weight is 388 g/mol. The normalized spacial score (nSPS) is 11.7. The second-order valence-electron chi connectivity index (χ2n) is 5.26. The number of hydrogen-bond acceptors (Lipinski definition) is 4. The molecule has 1 N–H and O–H groups in total. The molecule has 2 aromatic carbocycles. The first-order valence-corrected chi connectivity index (χ1v) is 8.64. The number of halogens is 3. The molecule has 0 aliphatic heterocycles. The van der Waals surface area contributed by atoms with Crippen LogP contribution in [0.3, 0.4) is 0 Å². The predicted molar refractivity (Wildman–Crippen MR) is 88.3 cm³/mol. The number of anilines is 1. The third-order valence-electron chi connectivity index (χ3n) is 3.30. The average Bonchev–Trinajstić information content (AvgIpc) is 2.56. The summed E-state index contributed by atoms with van der Waals surface area (Å²) in [5.41, 5.74) is -0.210. The minimum Gasteiger partial charge on any atom is -0.433 e. The number of ether oxygens (including phenoxy) is 1. The van der Waals surface area contributed by atoms with Crippen molar-refractivity contribution in [3.63, 3.8) is 0 Å². The van der Waals surface area contributed by atoms with Crippen LogP contribution >= 0.6 is 0 Å². The van der Waals surface area contributed by atoms with Crippen LogP contribution in [0, 0.1) is 5.82 Å². The number of carbonyl (C=O) groups is 1. The fraction of sp³-hybridized carbons (Fsp3) is 0.188. The molecule has 0 aliphatic rings. The number of alkyl halides is 2. The van der Waals surface area contributed by atoms with Gasteiger partial charge in [0.1, 0.15) is 16.5 Å². The Kier molecular flexibility index (Phi) is 5.88. The van der Waals surface area contributed by atoms with E-state index in [9.17, 15) is 26.4 Å². The van der Waals surface area contributed by atoms with Gasteiger partial charge in [0.2, 0.25) is 10.0 Å².